The van der Waals surface area contributed by atoms with E-state index in [1.54, 1.807) is 0 Å². The van der Waals surface area contributed by atoms with Gasteiger partial charge in [0.15, 0.2) is 0 Å². The van der Waals surface area contributed by atoms with Gasteiger partial charge in [0, 0.05) is 18.6 Å². The number of benzene rings is 1. The highest BCUT2D eigenvalue weighted by Gasteiger charge is 2.68. The number of ether oxygens (including phenoxy) is 2. The van der Waals surface area contributed by atoms with E-state index in [-0.39, 0.29) is 40.8 Å². The average Bonchev–Trinajstić information content (AvgIpc) is 3.19. The van der Waals surface area contributed by atoms with Crippen LogP contribution in [0, 0.1) is 28.6 Å². The van der Waals surface area contributed by atoms with Crippen LogP contribution in [-0.4, -0.2) is 31.6 Å². The van der Waals surface area contributed by atoms with Crippen molar-refractivity contribution in [2.75, 3.05) is 13.7 Å². The van der Waals surface area contributed by atoms with Crippen LogP contribution in [0.25, 0.3) is 0 Å². The summed E-state index contributed by atoms with van der Waals surface area (Å²) < 4.78 is 11.1. The van der Waals surface area contributed by atoms with Crippen LogP contribution >= 0.6 is 0 Å². The summed E-state index contributed by atoms with van der Waals surface area (Å²) in [6.07, 6.45) is 3.30. The Morgan fingerprint density at radius 2 is 1.90 bits per heavy atom. The Hall–Kier alpha value is -1.88. The molecule has 1 heterocycles. The van der Waals surface area contributed by atoms with Crippen molar-refractivity contribution in [1.82, 2.24) is 5.32 Å². The molecule has 1 N–H and O–H groups in total. The molecule has 5 heteroatoms. The molecule has 29 heavy (non-hydrogen) atoms. The van der Waals surface area contributed by atoms with E-state index in [0.717, 1.165) is 24.8 Å². The number of rotatable bonds is 4. The van der Waals surface area contributed by atoms with Crippen LogP contribution in [0.15, 0.2) is 24.3 Å². The SMILES string of the molecule is COC(=O)c1ccc([C@H]2OCCC34C[C@@H](C[C@H]23)C(C)(C)[C@@H]4NC(=O)C(C)C)cc1. The molecule has 4 rings (SSSR count). The zero-order valence-corrected chi connectivity index (χ0v) is 18.2. The van der Waals surface area contributed by atoms with E-state index in [0.29, 0.717) is 24.0 Å². The van der Waals surface area contributed by atoms with E-state index in [4.69, 9.17) is 9.47 Å². The van der Waals surface area contributed by atoms with Gasteiger partial charge in [0.25, 0.3) is 0 Å². The lowest BCUT2D eigenvalue weighted by molar-refractivity contribution is -0.139. The molecule has 5 nitrogen and oxygen atoms in total. The third-order valence-electron chi connectivity index (χ3n) is 7.98. The molecule has 0 aromatic heterocycles. The molecule has 5 atom stereocenters. The molecule has 1 saturated heterocycles. The summed E-state index contributed by atoms with van der Waals surface area (Å²) in [4.78, 5) is 24.4. The Morgan fingerprint density at radius 3 is 2.52 bits per heavy atom. The molecule has 3 fully saturated rings. The van der Waals surface area contributed by atoms with Gasteiger partial charge in [0.05, 0.1) is 18.8 Å². The summed E-state index contributed by atoms with van der Waals surface area (Å²) in [6, 6.07) is 7.81. The van der Waals surface area contributed by atoms with Crippen LogP contribution < -0.4 is 5.32 Å². The maximum absolute atomic E-state index is 12.6. The number of carbonyl (C=O) groups excluding carboxylic acids is 2. The molecule has 1 amide bonds. The number of hydrogen-bond donors (Lipinski definition) is 1. The maximum atomic E-state index is 12.6. The van der Waals surface area contributed by atoms with Gasteiger partial charge in [-0.3, -0.25) is 4.79 Å². The Balaban J connectivity index is 1.64. The Kier molecular flexibility index (Phi) is 5.01. The minimum Gasteiger partial charge on any atom is -0.465 e. The quantitative estimate of drug-likeness (QED) is 0.774. The van der Waals surface area contributed by atoms with Gasteiger partial charge in [-0.15, -0.1) is 0 Å². The minimum atomic E-state index is -0.323. The third kappa shape index (κ3) is 3.09. The first-order valence-corrected chi connectivity index (χ1v) is 10.8. The van der Waals surface area contributed by atoms with Gasteiger partial charge >= 0.3 is 5.97 Å². The number of amides is 1. The fraction of sp³-hybridized carbons (Fsp3) is 0.667. The topological polar surface area (TPSA) is 64.6 Å². The van der Waals surface area contributed by atoms with Gasteiger partial charge in [-0.05, 0) is 59.6 Å². The Morgan fingerprint density at radius 1 is 1.21 bits per heavy atom. The summed E-state index contributed by atoms with van der Waals surface area (Å²) >= 11 is 0. The van der Waals surface area contributed by atoms with Crippen molar-refractivity contribution in [2.24, 2.45) is 28.6 Å². The van der Waals surface area contributed by atoms with Crippen molar-refractivity contribution < 1.29 is 19.1 Å². The number of methoxy groups -OCH3 is 1. The number of hydrogen-bond acceptors (Lipinski definition) is 4. The van der Waals surface area contributed by atoms with Gasteiger partial charge in [0.2, 0.25) is 5.91 Å². The first kappa shape index (κ1) is 20.4. The molecule has 1 aliphatic heterocycles. The number of nitrogens with one attached hydrogen (secondary N) is 1. The van der Waals surface area contributed by atoms with Gasteiger partial charge in [-0.25, -0.2) is 4.79 Å². The van der Waals surface area contributed by atoms with Crippen LogP contribution in [0.1, 0.15) is 69.0 Å². The fourth-order valence-corrected chi connectivity index (χ4v) is 6.35. The molecule has 1 spiro atoms. The van der Waals surface area contributed by atoms with E-state index < -0.39 is 0 Å². The molecule has 1 aromatic rings. The van der Waals surface area contributed by atoms with Gasteiger partial charge in [-0.2, -0.15) is 0 Å². The lowest BCUT2D eigenvalue weighted by Gasteiger charge is -2.53. The van der Waals surface area contributed by atoms with Gasteiger partial charge in [-0.1, -0.05) is 39.8 Å². The van der Waals surface area contributed by atoms with Crippen LogP contribution in [0.4, 0.5) is 0 Å². The smallest absolute Gasteiger partial charge is 0.337 e. The predicted molar refractivity (Wildman–Crippen MR) is 110 cm³/mol. The minimum absolute atomic E-state index is 0.00926. The Bertz CT molecular complexity index is 800. The molecule has 0 radical (unpaired) electrons. The second kappa shape index (κ2) is 7.12. The molecular weight excluding hydrogens is 366 g/mol. The first-order chi connectivity index (χ1) is 13.7. The zero-order valence-electron chi connectivity index (χ0n) is 18.2. The van der Waals surface area contributed by atoms with E-state index in [2.05, 4.69) is 19.2 Å². The first-order valence-electron chi connectivity index (χ1n) is 10.8. The molecule has 3 aliphatic rings. The number of fused-ring (bicyclic) bond motifs is 1. The monoisotopic (exact) mass is 399 g/mol. The van der Waals surface area contributed by atoms with Crippen molar-refractivity contribution in [3.8, 4) is 0 Å². The lowest BCUT2D eigenvalue weighted by atomic mass is 9.58. The van der Waals surface area contributed by atoms with Gasteiger partial charge in [0.1, 0.15) is 0 Å². The lowest BCUT2D eigenvalue weighted by Crippen LogP contribution is -2.59. The van der Waals surface area contributed by atoms with Crippen molar-refractivity contribution in [3.63, 3.8) is 0 Å². The van der Waals surface area contributed by atoms with E-state index in [9.17, 15) is 9.59 Å². The predicted octanol–water partition coefficient (Wildman–Crippen LogP) is 4.13. The highest BCUT2D eigenvalue weighted by Crippen LogP contribution is 2.70. The number of esters is 1. The summed E-state index contributed by atoms with van der Waals surface area (Å²) in [5.74, 6) is 0.783. The van der Waals surface area contributed by atoms with E-state index in [1.165, 1.54) is 7.11 Å². The third-order valence-corrected chi connectivity index (χ3v) is 7.98. The van der Waals surface area contributed by atoms with Crippen molar-refractivity contribution in [3.05, 3.63) is 35.4 Å². The van der Waals surface area contributed by atoms with Crippen molar-refractivity contribution >= 4 is 11.9 Å². The number of carbonyl (C=O) groups is 2. The highest BCUT2D eigenvalue weighted by molar-refractivity contribution is 5.89. The highest BCUT2D eigenvalue weighted by atomic mass is 16.5. The maximum Gasteiger partial charge on any atom is 0.337 e. The normalized spacial score (nSPS) is 34.7. The molecule has 2 aliphatic carbocycles. The zero-order chi connectivity index (χ0) is 21.0. The standard InChI is InChI=1S/C24H33NO4/c1-14(2)20(26)25-22-23(3,4)17-12-18-19(29-11-10-24(18,22)13-17)15-6-8-16(9-7-15)21(27)28-5/h6-9,14,17-19,22H,10-13H2,1-5H3,(H,25,26)/t17-,18-,19-,22+,24?/m1/s1. The summed E-state index contributed by atoms with van der Waals surface area (Å²) in [6.45, 7) is 9.27. The second-order valence-corrected chi connectivity index (χ2v) is 10.0. The van der Waals surface area contributed by atoms with Crippen molar-refractivity contribution in [2.45, 2.75) is 59.1 Å². The summed E-state index contributed by atoms with van der Waals surface area (Å²) in [7, 11) is 1.40. The van der Waals surface area contributed by atoms with Crippen LogP contribution in [0.5, 0.6) is 0 Å². The van der Waals surface area contributed by atoms with E-state index in [1.807, 2.05) is 38.1 Å². The molecule has 1 unspecified atom stereocenters. The molecule has 1 aromatic carbocycles. The largest absolute Gasteiger partial charge is 0.465 e. The molecule has 2 bridgehead atoms. The fourth-order valence-electron chi connectivity index (χ4n) is 6.35. The summed E-state index contributed by atoms with van der Waals surface area (Å²) in [5.41, 5.74) is 1.85. The molecular formula is C24H33NO4. The van der Waals surface area contributed by atoms with Crippen LogP contribution in [0.3, 0.4) is 0 Å². The average molecular weight is 400 g/mol. The Labute approximate surface area is 173 Å². The summed E-state index contributed by atoms with van der Waals surface area (Å²) in [5, 5.41) is 3.44. The van der Waals surface area contributed by atoms with E-state index >= 15 is 0 Å². The second-order valence-electron chi connectivity index (χ2n) is 10.0. The van der Waals surface area contributed by atoms with Crippen molar-refractivity contribution in [1.29, 1.82) is 0 Å². The van der Waals surface area contributed by atoms with Crippen LogP contribution in [-0.2, 0) is 14.3 Å². The molecule has 158 valence electrons. The van der Waals surface area contributed by atoms with Crippen LogP contribution in [0.2, 0.25) is 0 Å². The molecule has 2 saturated carbocycles. The van der Waals surface area contributed by atoms with Gasteiger partial charge < -0.3 is 14.8 Å².